The van der Waals surface area contributed by atoms with Gasteiger partial charge in [0.1, 0.15) is 12.2 Å². The molecule has 0 bridgehead atoms. The number of aryl methyl sites for hydroxylation is 2. The standard InChI is InChI=1S/C17H25N3O/c1-12(2)10-20-17(18-11-19-20)9-16(21)8-15-6-13(3)5-14(4)7-15/h5-7,11-12,16,21H,8-10H2,1-4H3. The Balaban J connectivity index is 2.01. The van der Waals surface area contributed by atoms with E-state index >= 15 is 0 Å². The van der Waals surface area contributed by atoms with Crippen molar-refractivity contribution in [3.05, 3.63) is 47.0 Å². The average molecular weight is 287 g/mol. The van der Waals surface area contributed by atoms with Crippen LogP contribution >= 0.6 is 0 Å². The first-order chi connectivity index (χ1) is 9.94. The Morgan fingerprint density at radius 2 is 1.76 bits per heavy atom. The Bertz CT molecular complexity index is 569. The summed E-state index contributed by atoms with van der Waals surface area (Å²) in [6.45, 7) is 9.31. The highest BCUT2D eigenvalue weighted by molar-refractivity contribution is 5.29. The number of hydrogen-bond acceptors (Lipinski definition) is 3. The minimum absolute atomic E-state index is 0.429. The molecule has 1 atom stereocenters. The first-order valence-electron chi connectivity index (χ1n) is 7.56. The second kappa shape index (κ2) is 6.85. The number of benzene rings is 1. The van der Waals surface area contributed by atoms with Gasteiger partial charge in [0.2, 0.25) is 0 Å². The first-order valence-corrected chi connectivity index (χ1v) is 7.56. The molecule has 4 nitrogen and oxygen atoms in total. The van der Waals surface area contributed by atoms with E-state index in [-0.39, 0.29) is 0 Å². The predicted octanol–water partition coefficient (Wildman–Crippen LogP) is 2.70. The van der Waals surface area contributed by atoms with Crippen LogP contribution in [0.3, 0.4) is 0 Å². The molecule has 0 saturated carbocycles. The van der Waals surface area contributed by atoms with E-state index in [2.05, 4.69) is 56.0 Å². The van der Waals surface area contributed by atoms with Gasteiger partial charge in [0.25, 0.3) is 0 Å². The molecule has 0 aliphatic rings. The van der Waals surface area contributed by atoms with Crippen LogP contribution in [0.4, 0.5) is 0 Å². The number of aliphatic hydroxyl groups excluding tert-OH is 1. The zero-order valence-corrected chi connectivity index (χ0v) is 13.4. The molecule has 2 aromatic rings. The summed E-state index contributed by atoms with van der Waals surface area (Å²) < 4.78 is 1.90. The summed E-state index contributed by atoms with van der Waals surface area (Å²) in [5.41, 5.74) is 3.65. The Hall–Kier alpha value is -1.68. The molecule has 114 valence electrons. The van der Waals surface area contributed by atoms with Crippen molar-refractivity contribution in [3.8, 4) is 0 Å². The third kappa shape index (κ3) is 4.67. The van der Waals surface area contributed by atoms with Gasteiger partial charge in [-0.3, -0.25) is 0 Å². The molecule has 1 unspecified atom stereocenters. The fourth-order valence-corrected chi connectivity index (χ4v) is 2.69. The number of hydrogen-bond donors (Lipinski definition) is 1. The van der Waals surface area contributed by atoms with Gasteiger partial charge in [0.05, 0.1) is 6.10 Å². The SMILES string of the molecule is Cc1cc(C)cc(CC(O)Cc2ncnn2CC(C)C)c1. The molecule has 0 amide bonds. The summed E-state index contributed by atoms with van der Waals surface area (Å²) in [4.78, 5) is 4.28. The predicted molar refractivity (Wildman–Crippen MR) is 84.2 cm³/mol. The summed E-state index contributed by atoms with van der Waals surface area (Å²) >= 11 is 0. The van der Waals surface area contributed by atoms with Crippen LogP contribution < -0.4 is 0 Å². The van der Waals surface area contributed by atoms with Crippen LogP contribution in [0.25, 0.3) is 0 Å². The van der Waals surface area contributed by atoms with E-state index in [4.69, 9.17) is 0 Å². The van der Waals surface area contributed by atoms with Crippen LogP contribution in [0, 0.1) is 19.8 Å². The normalized spacial score (nSPS) is 12.9. The van der Waals surface area contributed by atoms with E-state index in [1.54, 1.807) is 6.33 Å². The van der Waals surface area contributed by atoms with Crippen LogP contribution in [0.1, 0.15) is 36.4 Å². The fourth-order valence-electron chi connectivity index (χ4n) is 2.69. The molecule has 0 saturated heterocycles. The van der Waals surface area contributed by atoms with Gasteiger partial charge in [-0.15, -0.1) is 0 Å². The lowest BCUT2D eigenvalue weighted by Crippen LogP contribution is -2.19. The molecular formula is C17H25N3O. The van der Waals surface area contributed by atoms with E-state index < -0.39 is 6.10 Å². The molecule has 1 aromatic heterocycles. The fraction of sp³-hybridized carbons (Fsp3) is 0.529. The number of aliphatic hydroxyl groups is 1. The third-order valence-electron chi connectivity index (χ3n) is 3.40. The highest BCUT2D eigenvalue weighted by Crippen LogP contribution is 2.13. The van der Waals surface area contributed by atoms with E-state index in [0.29, 0.717) is 18.8 Å². The van der Waals surface area contributed by atoms with Crippen molar-refractivity contribution in [2.24, 2.45) is 5.92 Å². The van der Waals surface area contributed by atoms with Crippen molar-refractivity contribution in [1.82, 2.24) is 14.8 Å². The lowest BCUT2D eigenvalue weighted by Gasteiger charge is -2.13. The summed E-state index contributed by atoms with van der Waals surface area (Å²) in [5, 5.41) is 14.6. The van der Waals surface area contributed by atoms with Crippen LogP contribution in [-0.4, -0.2) is 26.0 Å². The van der Waals surface area contributed by atoms with Crippen LogP contribution in [0.2, 0.25) is 0 Å². The molecule has 0 fully saturated rings. The van der Waals surface area contributed by atoms with Gasteiger partial charge >= 0.3 is 0 Å². The van der Waals surface area contributed by atoms with Crippen molar-refractivity contribution >= 4 is 0 Å². The number of nitrogens with zero attached hydrogens (tertiary/aromatic N) is 3. The smallest absolute Gasteiger partial charge is 0.138 e. The topological polar surface area (TPSA) is 50.9 Å². The maximum absolute atomic E-state index is 10.3. The highest BCUT2D eigenvalue weighted by atomic mass is 16.3. The minimum atomic E-state index is -0.429. The van der Waals surface area contributed by atoms with Crippen molar-refractivity contribution in [1.29, 1.82) is 0 Å². The second-order valence-electron chi connectivity index (χ2n) is 6.31. The quantitative estimate of drug-likeness (QED) is 0.888. The summed E-state index contributed by atoms with van der Waals surface area (Å²) in [5.74, 6) is 1.38. The second-order valence-corrected chi connectivity index (χ2v) is 6.31. The van der Waals surface area contributed by atoms with Crippen molar-refractivity contribution in [2.75, 3.05) is 0 Å². The largest absolute Gasteiger partial charge is 0.392 e. The van der Waals surface area contributed by atoms with Crippen molar-refractivity contribution in [2.45, 2.75) is 53.2 Å². The Labute approximate surface area is 126 Å². The molecule has 1 aromatic carbocycles. The van der Waals surface area contributed by atoms with Gasteiger partial charge in [0, 0.05) is 13.0 Å². The lowest BCUT2D eigenvalue weighted by atomic mass is 10.0. The average Bonchev–Trinajstić information content (AvgIpc) is 2.73. The zero-order chi connectivity index (χ0) is 15.4. The lowest BCUT2D eigenvalue weighted by molar-refractivity contribution is 0.170. The maximum Gasteiger partial charge on any atom is 0.138 e. The molecular weight excluding hydrogens is 262 g/mol. The molecule has 0 radical (unpaired) electrons. The van der Waals surface area contributed by atoms with Crippen LogP contribution in [0.15, 0.2) is 24.5 Å². The van der Waals surface area contributed by atoms with Crippen LogP contribution in [0.5, 0.6) is 0 Å². The molecule has 21 heavy (non-hydrogen) atoms. The molecule has 0 aliphatic carbocycles. The Morgan fingerprint density at radius 1 is 1.10 bits per heavy atom. The van der Waals surface area contributed by atoms with Crippen molar-refractivity contribution < 1.29 is 5.11 Å². The minimum Gasteiger partial charge on any atom is -0.392 e. The van der Waals surface area contributed by atoms with Gasteiger partial charge < -0.3 is 5.11 Å². The maximum atomic E-state index is 10.3. The summed E-state index contributed by atoms with van der Waals surface area (Å²) in [7, 11) is 0. The van der Waals surface area contributed by atoms with Crippen molar-refractivity contribution in [3.63, 3.8) is 0 Å². The van der Waals surface area contributed by atoms with Gasteiger partial charge in [0.15, 0.2) is 0 Å². The zero-order valence-electron chi connectivity index (χ0n) is 13.4. The van der Waals surface area contributed by atoms with E-state index in [1.807, 2.05) is 4.68 Å². The Kier molecular flexibility index (Phi) is 5.12. The number of rotatable bonds is 6. The van der Waals surface area contributed by atoms with E-state index in [1.165, 1.54) is 16.7 Å². The molecule has 1 heterocycles. The molecule has 0 spiro atoms. The molecule has 0 aliphatic heterocycles. The molecule has 4 heteroatoms. The first kappa shape index (κ1) is 15.7. The molecule has 2 rings (SSSR count). The third-order valence-corrected chi connectivity index (χ3v) is 3.40. The highest BCUT2D eigenvalue weighted by Gasteiger charge is 2.13. The Morgan fingerprint density at radius 3 is 2.38 bits per heavy atom. The van der Waals surface area contributed by atoms with E-state index in [9.17, 15) is 5.11 Å². The monoisotopic (exact) mass is 287 g/mol. The van der Waals surface area contributed by atoms with Gasteiger partial charge in [-0.25, -0.2) is 9.67 Å². The van der Waals surface area contributed by atoms with E-state index in [0.717, 1.165) is 12.4 Å². The van der Waals surface area contributed by atoms with Gasteiger partial charge in [-0.05, 0) is 31.7 Å². The summed E-state index contributed by atoms with van der Waals surface area (Å²) in [6.07, 6.45) is 2.33. The number of aromatic nitrogens is 3. The molecule has 1 N–H and O–H groups in total. The summed E-state index contributed by atoms with van der Waals surface area (Å²) in [6, 6.07) is 6.42. The van der Waals surface area contributed by atoms with Gasteiger partial charge in [-0.2, -0.15) is 5.10 Å². The van der Waals surface area contributed by atoms with Gasteiger partial charge in [-0.1, -0.05) is 43.2 Å². The van der Waals surface area contributed by atoms with Crippen LogP contribution in [-0.2, 0) is 19.4 Å².